The number of hydrogen-bond acceptors (Lipinski definition) is 4. The molecule has 0 unspecified atom stereocenters. The zero-order valence-electron chi connectivity index (χ0n) is 11.6. The third-order valence-electron chi connectivity index (χ3n) is 2.95. The van der Waals surface area contributed by atoms with Crippen molar-refractivity contribution in [3.05, 3.63) is 44.8 Å². The van der Waals surface area contributed by atoms with E-state index in [-0.39, 0.29) is 5.75 Å². The maximum atomic E-state index is 9.89. The first-order valence-corrected chi connectivity index (χ1v) is 7.76. The van der Waals surface area contributed by atoms with Crippen LogP contribution in [0, 0.1) is 0 Å². The first-order chi connectivity index (χ1) is 10.0. The molecule has 0 aliphatic heterocycles. The van der Waals surface area contributed by atoms with Crippen LogP contribution in [0.5, 0.6) is 17.2 Å². The molecule has 0 aliphatic rings. The Hall–Kier alpha value is -1.40. The Morgan fingerprint density at radius 1 is 1.05 bits per heavy atom. The molecule has 0 saturated heterocycles. The highest BCUT2D eigenvalue weighted by atomic mass is 79.9. The summed E-state index contributed by atoms with van der Waals surface area (Å²) < 4.78 is 12.3. The van der Waals surface area contributed by atoms with Gasteiger partial charge in [0, 0.05) is 21.2 Å². The predicted molar refractivity (Wildman–Crippen MR) is 90.4 cm³/mol. The van der Waals surface area contributed by atoms with Crippen molar-refractivity contribution in [1.29, 1.82) is 0 Å². The van der Waals surface area contributed by atoms with Crippen LogP contribution in [-0.2, 0) is 6.54 Å². The number of rotatable bonds is 5. The van der Waals surface area contributed by atoms with Crippen molar-refractivity contribution in [3.63, 3.8) is 0 Å². The smallest absolute Gasteiger partial charge is 0.200 e. The second-order valence-electron chi connectivity index (χ2n) is 4.33. The second kappa shape index (κ2) is 7.04. The maximum Gasteiger partial charge on any atom is 0.200 e. The molecule has 0 fully saturated rings. The average Bonchev–Trinajstić information content (AvgIpc) is 2.49. The minimum absolute atomic E-state index is 0.00684. The lowest BCUT2D eigenvalue weighted by Crippen LogP contribution is -2.01. The molecule has 2 N–H and O–H groups in total. The fourth-order valence-corrected chi connectivity index (χ4v) is 2.63. The van der Waals surface area contributed by atoms with Gasteiger partial charge in [0.1, 0.15) is 0 Å². The summed E-state index contributed by atoms with van der Waals surface area (Å²) in [7, 11) is 3.02. The Morgan fingerprint density at radius 3 is 2.24 bits per heavy atom. The zero-order chi connectivity index (χ0) is 15.4. The van der Waals surface area contributed by atoms with E-state index in [0.29, 0.717) is 18.0 Å². The summed E-state index contributed by atoms with van der Waals surface area (Å²) in [5.41, 5.74) is 1.91. The second-order valence-corrected chi connectivity index (χ2v) is 6.10. The molecule has 0 amide bonds. The molecular formula is C15H15Br2NO3. The third-order valence-corrected chi connectivity index (χ3v) is 4.14. The lowest BCUT2D eigenvalue weighted by molar-refractivity contribution is 0.339. The molecule has 2 rings (SSSR count). The normalized spacial score (nSPS) is 10.3. The average molecular weight is 417 g/mol. The van der Waals surface area contributed by atoms with Gasteiger partial charge in [0.15, 0.2) is 11.5 Å². The Labute approximate surface area is 140 Å². The van der Waals surface area contributed by atoms with Gasteiger partial charge in [-0.1, -0.05) is 15.9 Å². The predicted octanol–water partition coefficient (Wildman–Crippen LogP) is 4.55. The lowest BCUT2D eigenvalue weighted by Gasteiger charge is -2.13. The quantitative estimate of drug-likeness (QED) is 0.750. The number of ether oxygens (including phenoxy) is 2. The summed E-state index contributed by atoms with van der Waals surface area (Å²) >= 11 is 6.94. The monoisotopic (exact) mass is 415 g/mol. The Balaban J connectivity index is 2.22. The third kappa shape index (κ3) is 3.83. The van der Waals surface area contributed by atoms with Crippen molar-refractivity contribution in [3.8, 4) is 17.2 Å². The summed E-state index contributed by atoms with van der Waals surface area (Å²) in [5, 5.41) is 13.2. The molecule has 2 aromatic carbocycles. The summed E-state index contributed by atoms with van der Waals surface area (Å²) in [6, 6.07) is 9.46. The topological polar surface area (TPSA) is 50.7 Å². The maximum absolute atomic E-state index is 9.89. The number of benzene rings is 2. The number of phenolic OH excluding ortho intramolecular Hbond substituents is 1. The van der Waals surface area contributed by atoms with Crippen LogP contribution in [0.3, 0.4) is 0 Å². The van der Waals surface area contributed by atoms with E-state index in [1.807, 2.05) is 18.2 Å². The minimum Gasteiger partial charge on any atom is -0.502 e. The van der Waals surface area contributed by atoms with Crippen molar-refractivity contribution < 1.29 is 14.6 Å². The number of halogens is 2. The fourth-order valence-electron chi connectivity index (χ4n) is 1.88. The SMILES string of the molecule is COc1cc(CNc2cc(Br)ccc2Br)cc(OC)c1O. The number of hydrogen-bond donors (Lipinski definition) is 2. The molecule has 0 aromatic heterocycles. The van der Waals surface area contributed by atoms with Crippen LogP contribution in [-0.4, -0.2) is 19.3 Å². The van der Waals surface area contributed by atoms with Crippen LogP contribution in [0.25, 0.3) is 0 Å². The molecule has 2 aromatic rings. The van der Waals surface area contributed by atoms with E-state index in [9.17, 15) is 5.11 Å². The van der Waals surface area contributed by atoms with Gasteiger partial charge in [-0.25, -0.2) is 0 Å². The van der Waals surface area contributed by atoms with E-state index in [4.69, 9.17) is 9.47 Å². The standard InChI is InChI=1S/C15H15Br2NO3/c1-20-13-5-9(6-14(21-2)15(13)19)8-18-12-7-10(16)3-4-11(12)17/h3-7,18-19H,8H2,1-2H3. The number of anilines is 1. The highest BCUT2D eigenvalue weighted by Gasteiger charge is 2.11. The molecule has 0 atom stereocenters. The number of phenols is 1. The molecule has 0 radical (unpaired) electrons. The van der Waals surface area contributed by atoms with E-state index in [1.54, 1.807) is 12.1 Å². The molecule has 0 saturated carbocycles. The molecule has 112 valence electrons. The van der Waals surface area contributed by atoms with Crippen molar-refractivity contribution in [2.45, 2.75) is 6.54 Å². The van der Waals surface area contributed by atoms with Crippen molar-refractivity contribution >= 4 is 37.5 Å². The van der Waals surface area contributed by atoms with Gasteiger partial charge in [0.2, 0.25) is 5.75 Å². The van der Waals surface area contributed by atoms with Gasteiger partial charge in [-0.2, -0.15) is 0 Å². The van der Waals surface area contributed by atoms with Gasteiger partial charge in [-0.3, -0.25) is 0 Å². The largest absolute Gasteiger partial charge is 0.502 e. The van der Waals surface area contributed by atoms with Gasteiger partial charge in [-0.15, -0.1) is 0 Å². The van der Waals surface area contributed by atoms with Gasteiger partial charge in [-0.05, 0) is 51.8 Å². The minimum atomic E-state index is 0.00684. The van der Waals surface area contributed by atoms with Gasteiger partial charge in [0.25, 0.3) is 0 Å². The van der Waals surface area contributed by atoms with Crippen LogP contribution in [0.4, 0.5) is 5.69 Å². The van der Waals surface area contributed by atoms with Crippen molar-refractivity contribution in [1.82, 2.24) is 0 Å². The van der Waals surface area contributed by atoms with Crippen LogP contribution in [0.1, 0.15) is 5.56 Å². The molecule has 6 heteroatoms. The van der Waals surface area contributed by atoms with Crippen molar-refractivity contribution in [2.75, 3.05) is 19.5 Å². The number of methoxy groups -OCH3 is 2. The van der Waals surface area contributed by atoms with Crippen LogP contribution < -0.4 is 14.8 Å². The number of aromatic hydroxyl groups is 1. The Morgan fingerprint density at radius 2 is 1.67 bits per heavy atom. The van der Waals surface area contributed by atoms with Gasteiger partial charge in [0.05, 0.1) is 14.2 Å². The molecule has 21 heavy (non-hydrogen) atoms. The highest BCUT2D eigenvalue weighted by molar-refractivity contribution is 9.11. The van der Waals surface area contributed by atoms with E-state index < -0.39 is 0 Å². The number of nitrogens with one attached hydrogen (secondary N) is 1. The zero-order valence-corrected chi connectivity index (χ0v) is 14.8. The fraction of sp³-hybridized carbons (Fsp3) is 0.200. The summed E-state index contributed by atoms with van der Waals surface area (Å²) in [6.45, 7) is 0.571. The van der Waals surface area contributed by atoms with Crippen LogP contribution >= 0.6 is 31.9 Å². The van der Waals surface area contributed by atoms with E-state index in [2.05, 4.69) is 37.2 Å². The lowest BCUT2D eigenvalue weighted by atomic mass is 10.1. The first kappa shape index (κ1) is 16.0. The summed E-state index contributed by atoms with van der Waals surface area (Å²) in [6.07, 6.45) is 0. The highest BCUT2D eigenvalue weighted by Crippen LogP contribution is 2.37. The van der Waals surface area contributed by atoms with Crippen LogP contribution in [0.2, 0.25) is 0 Å². The Kier molecular flexibility index (Phi) is 5.36. The summed E-state index contributed by atoms with van der Waals surface area (Å²) in [4.78, 5) is 0. The molecule has 0 spiro atoms. The molecule has 0 aliphatic carbocycles. The van der Waals surface area contributed by atoms with E-state index in [0.717, 1.165) is 20.2 Å². The van der Waals surface area contributed by atoms with Crippen LogP contribution in [0.15, 0.2) is 39.3 Å². The van der Waals surface area contributed by atoms with E-state index in [1.165, 1.54) is 14.2 Å². The first-order valence-electron chi connectivity index (χ1n) is 6.18. The van der Waals surface area contributed by atoms with Gasteiger partial charge < -0.3 is 19.9 Å². The Bertz CT molecular complexity index is 622. The van der Waals surface area contributed by atoms with E-state index >= 15 is 0 Å². The molecule has 4 nitrogen and oxygen atoms in total. The summed E-state index contributed by atoms with van der Waals surface area (Å²) in [5.74, 6) is 0.784. The molecule has 0 bridgehead atoms. The molecule has 0 heterocycles. The van der Waals surface area contributed by atoms with Crippen molar-refractivity contribution in [2.24, 2.45) is 0 Å². The van der Waals surface area contributed by atoms with Gasteiger partial charge >= 0.3 is 0 Å². The molecular weight excluding hydrogens is 402 g/mol.